The second-order valence-corrected chi connectivity index (χ2v) is 5.95. The van der Waals surface area contributed by atoms with Crippen LogP contribution in [0.15, 0.2) is 36.4 Å². The van der Waals surface area contributed by atoms with E-state index in [9.17, 15) is 4.79 Å². The Bertz CT molecular complexity index is 769. The third-order valence-corrected chi connectivity index (χ3v) is 4.50. The molecule has 0 heterocycles. The summed E-state index contributed by atoms with van der Waals surface area (Å²) in [6.07, 6.45) is 2.33. The molecule has 0 N–H and O–H groups in total. The number of hydrogen-bond donors (Lipinski definition) is 0. The van der Waals surface area contributed by atoms with Crippen molar-refractivity contribution in [2.45, 2.75) is 25.4 Å². The maximum atomic E-state index is 12.7. The molecule has 5 nitrogen and oxygen atoms in total. The molecule has 0 aliphatic heterocycles. The van der Waals surface area contributed by atoms with E-state index < -0.39 is 5.97 Å². The van der Waals surface area contributed by atoms with Crippen LogP contribution < -0.4 is 14.2 Å². The Morgan fingerprint density at radius 2 is 1.56 bits per heavy atom. The first-order valence-corrected chi connectivity index (χ1v) is 8.24. The zero-order valence-corrected chi connectivity index (χ0v) is 14.7. The largest absolute Gasteiger partial charge is 0.496 e. The molecule has 1 aliphatic rings. The zero-order chi connectivity index (χ0) is 17.8. The van der Waals surface area contributed by atoms with Crippen LogP contribution in [-0.2, 0) is 17.6 Å². The van der Waals surface area contributed by atoms with Crippen molar-refractivity contribution in [1.82, 2.24) is 0 Å². The molecule has 0 aromatic heterocycles. The predicted octanol–water partition coefficient (Wildman–Crippen LogP) is 3.43. The second-order valence-electron chi connectivity index (χ2n) is 5.95. The lowest BCUT2D eigenvalue weighted by Crippen LogP contribution is -2.25. The van der Waals surface area contributed by atoms with E-state index in [-0.39, 0.29) is 6.10 Å². The van der Waals surface area contributed by atoms with Gasteiger partial charge in [0.25, 0.3) is 0 Å². The van der Waals surface area contributed by atoms with Crippen molar-refractivity contribution in [3.05, 3.63) is 53.1 Å². The van der Waals surface area contributed by atoms with Gasteiger partial charge in [-0.3, -0.25) is 0 Å². The van der Waals surface area contributed by atoms with Crippen molar-refractivity contribution < 1.29 is 23.7 Å². The Kier molecular flexibility index (Phi) is 5.12. The molecule has 1 atom stereocenters. The topological polar surface area (TPSA) is 54.0 Å². The second kappa shape index (κ2) is 7.47. The summed E-state index contributed by atoms with van der Waals surface area (Å²) in [6, 6.07) is 11.5. The van der Waals surface area contributed by atoms with Crippen molar-refractivity contribution >= 4 is 5.97 Å². The number of ether oxygens (including phenoxy) is 4. The van der Waals surface area contributed by atoms with E-state index >= 15 is 0 Å². The highest BCUT2D eigenvalue weighted by Gasteiger charge is 2.25. The number of rotatable bonds is 5. The molecule has 0 spiro atoms. The maximum absolute atomic E-state index is 12.7. The molecule has 0 bridgehead atoms. The summed E-state index contributed by atoms with van der Waals surface area (Å²) >= 11 is 0. The smallest absolute Gasteiger partial charge is 0.342 e. The Hall–Kier alpha value is -2.69. The Labute approximate surface area is 147 Å². The van der Waals surface area contributed by atoms with Gasteiger partial charge in [0.1, 0.15) is 17.4 Å². The average Bonchev–Trinajstić information content (AvgIpc) is 2.66. The van der Waals surface area contributed by atoms with Gasteiger partial charge in [-0.15, -0.1) is 0 Å². The third kappa shape index (κ3) is 3.55. The average molecular weight is 342 g/mol. The van der Waals surface area contributed by atoms with E-state index in [1.165, 1.54) is 32.5 Å². The van der Waals surface area contributed by atoms with Gasteiger partial charge in [0.05, 0.1) is 21.3 Å². The summed E-state index contributed by atoms with van der Waals surface area (Å²) in [7, 11) is 4.57. The molecule has 0 fully saturated rings. The van der Waals surface area contributed by atoms with Crippen molar-refractivity contribution in [3.63, 3.8) is 0 Å². The number of aryl methyl sites for hydroxylation is 1. The summed E-state index contributed by atoms with van der Waals surface area (Å²) in [5.74, 6) is 0.952. The van der Waals surface area contributed by atoms with Gasteiger partial charge in [-0.1, -0.05) is 24.3 Å². The molecule has 1 aliphatic carbocycles. The van der Waals surface area contributed by atoms with Crippen molar-refractivity contribution in [2.75, 3.05) is 21.3 Å². The predicted molar refractivity (Wildman–Crippen MR) is 93.8 cm³/mol. The normalized spacial score (nSPS) is 15.9. The fraction of sp³-hybridized carbons (Fsp3) is 0.350. The van der Waals surface area contributed by atoms with Crippen LogP contribution in [0.2, 0.25) is 0 Å². The number of hydrogen-bond acceptors (Lipinski definition) is 5. The fourth-order valence-corrected chi connectivity index (χ4v) is 3.17. The molecule has 0 radical (unpaired) electrons. The summed E-state index contributed by atoms with van der Waals surface area (Å²) in [5.41, 5.74) is 2.91. The molecular weight excluding hydrogens is 320 g/mol. The highest BCUT2D eigenvalue weighted by molar-refractivity contribution is 5.93. The van der Waals surface area contributed by atoms with Gasteiger partial charge in [0.15, 0.2) is 11.5 Å². The summed E-state index contributed by atoms with van der Waals surface area (Å²) in [4.78, 5) is 12.7. The molecule has 0 amide bonds. The first-order chi connectivity index (χ1) is 12.2. The Morgan fingerprint density at radius 1 is 0.920 bits per heavy atom. The minimum absolute atomic E-state index is 0.139. The van der Waals surface area contributed by atoms with Crippen molar-refractivity contribution in [2.24, 2.45) is 0 Å². The van der Waals surface area contributed by atoms with Crippen LogP contribution in [0.5, 0.6) is 17.2 Å². The molecule has 2 aromatic carbocycles. The number of esters is 1. The van der Waals surface area contributed by atoms with Crippen LogP contribution in [0.1, 0.15) is 27.9 Å². The van der Waals surface area contributed by atoms with Gasteiger partial charge in [0, 0.05) is 18.6 Å². The Morgan fingerprint density at radius 3 is 2.24 bits per heavy atom. The van der Waals surface area contributed by atoms with E-state index in [1.54, 1.807) is 12.1 Å². The summed E-state index contributed by atoms with van der Waals surface area (Å²) in [5, 5.41) is 0. The van der Waals surface area contributed by atoms with E-state index in [4.69, 9.17) is 18.9 Å². The first kappa shape index (κ1) is 17.1. The number of carbonyl (C=O) groups is 1. The summed E-state index contributed by atoms with van der Waals surface area (Å²) in [6.45, 7) is 0. The van der Waals surface area contributed by atoms with E-state index in [0.717, 1.165) is 19.3 Å². The van der Waals surface area contributed by atoms with Crippen LogP contribution in [0, 0.1) is 0 Å². The fourth-order valence-electron chi connectivity index (χ4n) is 3.17. The van der Waals surface area contributed by atoms with E-state index in [1.807, 2.05) is 12.1 Å². The number of methoxy groups -OCH3 is 3. The quantitative estimate of drug-likeness (QED) is 0.779. The van der Waals surface area contributed by atoms with Gasteiger partial charge in [-0.05, 0) is 24.0 Å². The highest BCUT2D eigenvalue weighted by atomic mass is 16.5. The lowest BCUT2D eigenvalue weighted by Gasteiger charge is -2.25. The molecule has 132 valence electrons. The van der Waals surface area contributed by atoms with E-state index in [0.29, 0.717) is 22.8 Å². The molecule has 0 saturated heterocycles. The molecule has 0 saturated carbocycles. The number of carbonyl (C=O) groups excluding carboxylic acids is 1. The molecule has 3 rings (SSSR count). The van der Waals surface area contributed by atoms with Crippen LogP contribution in [0.4, 0.5) is 0 Å². The van der Waals surface area contributed by atoms with Crippen LogP contribution in [0.3, 0.4) is 0 Å². The molecular formula is C20H22O5. The minimum atomic E-state index is -0.415. The lowest BCUT2D eigenvalue weighted by molar-refractivity contribution is 0.0267. The van der Waals surface area contributed by atoms with Crippen LogP contribution in [-0.4, -0.2) is 33.4 Å². The standard InChI is InChI=1S/C20H22O5/c1-22-17-12-19(24-3)18(23-2)11-16(17)20(21)25-15-9-8-13-6-4-5-7-14(13)10-15/h4-7,11-12,15H,8-10H2,1-3H3. The maximum Gasteiger partial charge on any atom is 0.342 e. The molecule has 25 heavy (non-hydrogen) atoms. The van der Waals surface area contributed by atoms with Crippen LogP contribution >= 0.6 is 0 Å². The first-order valence-electron chi connectivity index (χ1n) is 8.24. The van der Waals surface area contributed by atoms with Crippen molar-refractivity contribution in [3.8, 4) is 17.2 Å². The number of fused-ring (bicyclic) bond motifs is 1. The molecule has 5 heteroatoms. The van der Waals surface area contributed by atoms with E-state index in [2.05, 4.69) is 12.1 Å². The van der Waals surface area contributed by atoms with Crippen molar-refractivity contribution in [1.29, 1.82) is 0 Å². The van der Waals surface area contributed by atoms with Gasteiger partial charge in [0.2, 0.25) is 0 Å². The Balaban J connectivity index is 1.80. The highest BCUT2D eigenvalue weighted by Crippen LogP contribution is 2.35. The minimum Gasteiger partial charge on any atom is -0.496 e. The zero-order valence-electron chi connectivity index (χ0n) is 14.7. The number of benzene rings is 2. The lowest BCUT2D eigenvalue weighted by atomic mass is 9.90. The molecule has 2 aromatic rings. The summed E-state index contributed by atoms with van der Waals surface area (Å²) < 4.78 is 21.6. The SMILES string of the molecule is COc1cc(OC)c(C(=O)OC2CCc3ccccc3C2)cc1OC. The van der Waals surface area contributed by atoms with Gasteiger partial charge in [-0.25, -0.2) is 4.79 Å². The third-order valence-electron chi connectivity index (χ3n) is 4.50. The van der Waals surface area contributed by atoms with Gasteiger partial charge < -0.3 is 18.9 Å². The van der Waals surface area contributed by atoms with Gasteiger partial charge in [-0.2, -0.15) is 0 Å². The van der Waals surface area contributed by atoms with Crippen LogP contribution in [0.25, 0.3) is 0 Å². The van der Waals surface area contributed by atoms with Gasteiger partial charge >= 0.3 is 5.97 Å². The molecule has 1 unspecified atom stereocenters. The monoisotopic (exact) mass is 342 g/mol.